The minimum atomic E-state index is 0.760. The zero-order valence-corrected chi connectivity index (χ0v) is 13.5. The Bertz CT molecular complexity index is 788. The van der Waals surface area contributed by atoms with Crippen LogP contribution >= 0.6 is 11.3 Å². The molecule has 0 amide bonds. The third kappa shape index (κ3) is 2.61. The Balaban J connectivity index is 1.84. The molecule has 0 unspecified atom stereocenters. The zero-order valence-electron chi connectivity index (χ0n) is 12.7. The number of ether oxygens (including phenoxy) is 1. The molecule has 0 aliphatic heterocycles. The van der Waals surface area contributed by atoms with Crippen LogP contribution in [0.1, 0.15) is 21.8 Å². The molecule has 110 valence electrons. The Kier molecular flexibility index (Phi) is 3.59. The number of fused-ring (bicyclic) bond motifs is 1. The van der Waals surface area contributed by atoms with E-state index in [-0.39, 0.29) is 0 Å². The number of benzene rings is 1. The Morgan fingerprint density at radius 3 is 2.81 bits per heavy atom. The fourth-order valence-corrected chi connectivity index (χ4v) is 3.35. The summed E-state index contributed by atoms with van der Waals surface area (Å²) in [4.78, 5) is 6.96. The molecule has 3 aromatic rings. The molecule has 2 heterocycles. The van der Waals surface area contributed by atoms with E-state index in [2.05, 4.69) is 47.7 Å². The lowest BCUT2D eigenvalue weighted by Crippen LogP contribution is -2.04. The van der Waals surface area contributed by atoms with Gasteiger partial charge in [0.2, 0.25) is 0 Å². The first-order chi connectivity index (χ1) is 10.1. The number of methoxy groups -OCH3 is 1. The molecule has 0 atom stereocenters. The third-order valence-corrected chi connectivity index (χ3v) is 4.52. The highest BCUT2D eigenvalue weighted by molar-refractivity contribution is 7.17. The van der Waals surface area contributed by atoms with Crippen LogP contribution < -0.4 is 10.1 Å². The van der Waals surface area contributed by atoms with Crippen molar-refractivity contribution in [1.82, 2.24) is 9.38 Å². The lowest BCUT2D eigenvalue weighted by Gasteiger charge is -2.11. The number of rotatable bonds is 4. The van der Waals surface area contributed by atoms with E-state index in [9.17, 15) is 0 Å². The predicted octanol–water partition coefficient (Wildman–Crippen LogP) is 3.94. The standard InChI is InChI=1S/C16H19N3OS/c1-10-7-13(20-4)5-6-14(10)17-8-15-12(3)18-16-19(15)9-11(2)21-16/h5-7,9,17H,8H2,1-4H3. The van der Waals surface area contributed by atoms with Crippen LogP contribution in [0.4, 0.5) is 5.69 Å². The lowest BCUT2D eigenvalue weighted by atomic mass is 10.2. The zero-order chi connectivity index (χ0) is 15.0. The molecule has 5 heteroatoms. The molecule has 0 aliphatic rings. The van der Waals surface area contributed by atoms with Crippen molar-refractivity contribution in [2.75, 3.05) is 12.4 Å². The maximum Gasteiger partial charge on any atom is 0.194 e. The smallest absolute Gasteiger partial charge is 0.194 e. The molecule has 1 N–H and O–H groups in total. The second-order valence-electron chi connectivity index (χ2n) is 5.17. The monoisotopic (exact) mass is 301 g/mol. The van der Waals surface area contributed by atoms with Crippen molar-refractivity contribution in [3.63, 3.8) is 0 Å². The Labute approximate surface area is 128 Å². The fraction of sp³-hybridized carbons (Fsp3) is 0.312. The number of hydrogen-bond donors (Lipinski definition) is 1. The van der Waals surface area contributed by atoms with Crippen molar-refractivity contribution in [2.24, 2.45) is 0 Å². The molecule has 0 aliphatic carbocycles. The second kappa shape index (κ2) is 5.41. The summed E-state index contributed by atoms with van der Waals surface area (Å²) in [5.74, 6) is 0.884. The molecule has 0 radical (unpaired) electrons. The maximum absolute atomic E-state index is 5.24. The van der Waals surface area contributed by atoms with Gasteiger partial charge in [0.05, 0.1) is 25.0 Å². The van der Waals surface area contributed by atoms with Gasteiger partial charge in [0.1, 0.15) is 5.75 Å². The number of imidazole rings is 1. The second-order valence-corrected chi connectivity index (χ2v) is 6.39. The van der Waals surface area contributed by atoms with E-state index in [0.29, 0.717) is 0 Å². The molecule has 0 fully saturated rings. The molecule has 3 rings (SSSR count). The van der Waals surface area contributed by atoms with Crippen molar-refractivity contribution >= 4 is 22.0 Å². The third-order valence-electron chi connectivity index (χ3n) is 3.62. The summed E-state index contributed by atoms with van der Waals surface area (Å²) >= 11 is 1.72. The number of hydrogen-bond acceptors (Lipinski definition) is 4. The predicted molar refractivity (Wildman–Crippen MR) is 87.6 cm³/mol. The first-order valence-corrected chi connectivity index (χ1v) is 7.72. The van der Waals surface area contributed by atoms with Gasteiger partial charge in [0, 0.05) is 16.8 Å². The van der Waals surface area contributed by atoms with Crippen molar-refractivity contribution in [3.8, 4) is 5.75 Å². The van der Waals surface area contributed by atoms with Crippen LogP contribution in [-0.4, -0.2) is 16.5 Å². The highest BCUT2D eigenvalue weighted by Gasteiger charge is 2.11. The topological polar surface area (TPSA) is 38.6 Å². The van der Waals surface area contributed by atoms with E-state index >= 15 is 0 Å². The van der Waals surface area contributed by atoms with E-state index in [1.807, 2.05) is 12.1 Å². The van der Waals surface area contributed by atoms with Crippen LogP contribution in [0.2, 0.25) is 0 Å². The van der Waals surface area contributed by atoms with Gasteiger partial charge in [-0.25, -0.2) is 4.98 Å². The van der Waals surface area contributed by atoms with Gasteiger partial charge in [0.15, 0.2) is 4.96 Å². The van der Waals surface area contributed by atoms with E-state index in [4.69, 9.17) is 4.74 Å². The van der Waals surface area contributed by atoms with E-state index in [0.717, 1.165) is 28.6 Å². The molecule has 0 spiro atoms. The number of aromatic nitrogens is 2. The minimum absolute atomic E-state index is 0.760. The number of thiazole rings is 1. The summed E-state index contributed by atoms with van der Waals surface area (Å²) in [7, 11) is 1.69. The van der Waals surface area contributed by atoms with Crippen LogP contribution in [-0.2, 0) is 6.54 Å². The number of aryl methyl sites for hydroxylation is 3. The van der Waals surface area contributed by atoms with Gasteiger partial charge in [-0.1, -0.05) is 0 Å². The van der Waals surface area contributed by atoms with Crippen molar-refractivity contribution in [3.05, 3.63) is 46.2 Å². The Hall–Kier alpha value is -2.01. The van der Waals surface area contributed by atoms with E-state index in [1.165, 1.54) is 16.1 Å². The first kappa shape index (κ1) is 13.9. The van der Waals surface area contributed by atoms with Gasteiger partial charge in [-0.05, 0) is 44.5 Å². The Morgan fingerprint density at radius 2 is 2.10 bits per heavy atom. The van der Waals surface area contributed by atoms with Crippen LogP contribution in [0.25, 0.3) is 4.96 Å². The van der Waals surface area contributed by atoms with Crippen LogP contribution in [0.15, 0.2) is 24.4 Å². The summed E-state index contributed by atoms with van der Waals surface area (Å²) in [5.41, 5.74) is 4.59. The fourth-order valence-electron chi connectivity index (χ4n) is 2.46. The van der Waals surface area contributed by atoms with Crippen LogP contribution in [0.5, 0.6) is 5.75 Å². The van der Waals surface area contributed by atoms with Crippen molar-refractivity contribution in [2.45, 2.75) is 27.3 Å². The largest absolute Gasteiger partial charge is 0.497 e. The maximum atomic E-state index is 5.24. The molecular weight excluding hydrogens is 282 g/mol. The van der Waals surface area contributed by atoms with Crippen LogP contribution in [0, 0.1) is 20.8 Å². The van der Waals surface area contributed by atoms with Gasteiger partial charge in [-0.3, -0.25) is 4.40 Å². The number of nitrogens with zero attached hydrogens (tertiary/aromatic N) is 2. The molecule has 4 nitrogen and oxygen atoms in total. The van der Waals surface area contributed by atoms with Crippen molar-refractivity contribution < 1.29 is 4.74 Å². The Morgan fingerprint density at radius 1 is 1.29 bits per heavy atom. The number of nitrogens with one attached hydrogen (secondary N) is 1. The van der Waals surface area contributed by atoms with Crippen molar-refractivity contribution in [1.29, 1.82) is 0 Å². The van der Waals surface area contributed by atoms with Crippen LogP contribution in [0.3, 0.4) is 0 Å². The normalized spacial score (nSPS) is 11.0. The molecule has 1 aromatic carbocycles. The average Bonchev–Trinajstić information content (AvgIpc) is 2.93. The highest BCUT2D eigenvalue weighted by Crippen LogP contribution is 2.24. The lowest BCUT2D eigenvalue weighted by molar-refractivity contribution is 0.414. The van der Waals surface area contributed by atoms with Gasteiger partial charge in [-0.15, -0.1) is 11.3 Å². The van der Waals surface area contributed by atoms with E-state index < -0.39 is 0 Å². The van der Waals surface area contributed by atoms with Gasteiger partial charge in [-0.2, -0.15) is 0 Å². The molecule has 0 saturated heterocycles. The molecule has 0 saturated carbocycles. The van der Waals surface area contributed by atoms with Gasteiger partial charge >= 0.3 is 0 Å². The number of anilines is 1. The summed E-state index contributed by atoms with van der Waals surface area (Å²) in [6, 6.07) is 6.07. The molecule has 0 bridgehead atoms. The summed E-state index contributed by atoms with van der Waals surface area (Å²) in [6.45, 7) is 7.02. The summed E-state index contributed by atoms with van der Waals surface area (Å²) < 4.78 is 7.42. The summed E-state index contributed by atoms with van der Waals surface area (Å²) in [5, 5.41) is 3.50. The average molecular weight is 301 g/mol. The molecule has 21 heavy (non-hydrogen) atoms. The summed E-state index contributed by atoms with van der Waals surface area (Å²) in [6.07, 6.45) is 2.15. The SMILES string of the molecule is COc1ccc(NCc2c(C)nc3sc(C)cn23)c(C)c1. The molecular formula is C16H19N3OS. The quantitative estimate of drug-likeness (QED) is 0.793. The van der Waals surface area contributed by atoms with E-state index in [1.54, 1.807) is 18.4 Å². The van der Waals surface area contributed by atoms with Gasteiger partial charge < -0.3 is 10.1 Å². The first-order valence-electron chi connectivity index (χ1n) is 6.91. The molecule has 2 aromatic heterocycles. The van der Waals surface area contributed by atoms with Gasteiger partial charge in [0.25, 0.3) is 0 Å². The minimum Gasteiger partial charge on any atom is -0.497 e. The highest BCUT2D eigenvalue weighted by atomic mass is 32.1.